The Hall–Kier alpha value is -2.61. The molecule has 1 amide bonds. The van der Waals surface area contributed by atoms with Gasteiger partial charge < -0.3 is 19.7 Å². The molecule has 0 bridgehead atoms. The lowest BCUT2D eigenvalue weighted by Gasteiger charge is -2.32. The number of alkyl carbamates (subject to hydrolysis) is 1. The van der Waals surface area contributed by atoms with Crippen LogP contribution >= 0.6 is 11.3 Å². The predicted molar refractivity (Wildman–Crippen MR) is 108 cm³/mol. The summed E-state index contributed by atoms with van der Waals surface area (Å²) < 4.78 is 10.3. The summed E-state index contributed by atoms with van der Waals surface area (Å²) in [6.07, 6.45) is 1.64. The summed E-state index contributed by atoms with van der Waals surface area (Å²) in [6, 6.07) is 9.60. The van der Waals surface area contributed by atoms with E-state index in [1.54, 1.807) is 12.3 Å². The number of aromatic nitrogens is 1. The van der Waals surface area contributed by atoms with Crippen molar-refractivity contribution in [2.24, 2.45) is 5.92 Å². The molecule has 2 aromatic rings. The highest BCUT2D eigenvalue weighted by Crippen LogP contribution is 2.26. The molecule has 150 valence electrons. The zero-order chi connectivity index (χ0) is 19.8. The van der Waals surface area contributed by atoms with Gasteiger partial charge in [-0.25, -0.2) is 14.6 Å². The van der Waals surface area contributed by atoms with E-state index in [0.29, 0.717) is 24.8 Å². The number of carbonyl (C=O) groups is 2. The van der Waals surface area contributed by atoms with Crippen LogP contribution in [0.3, 0.4) is 0 Å². The molecule has 28 heavy (non-hydrogen) atoms. The summed E-state index contributed by atoms with van der Waals surface area (Å²) in [5.41, 5.74) is 1.31. The monoisotopic (exact) mass is 403 g/mol. The number of benzene rings is 1. The summed E-state index contributed by atoms with van der Waals surface area (Å²) in [6.45, 7) is 4.61. The first kappa shape index (κ1) is 20.1. The van der Waals surface area contributed by atoms with Gasteiger partial charge in [-0.2, -0.15) is 0 Å². The van der Waals surface area contributed by atoms with Crippen molar-refractivity contribution in [1.82, 2.24) is 10.3 Å². The molecule has 1 aliphatic heterocycles. The Morgan fingerprint density at radius 3 is 2.89 bits per heavy atom. The van der Waals surface area contributed by atoms with Crippen LogP contribution in [0.2, 0.25) is 0 Å². The van der Waals surface area contributed by atoms with E-state index in [9.17, 15) is 9.59 Å². The van der Waals surface area contributed by atoms with Gasteiger partial charge in [0.2, 0.25) is 0 Å². The molecule has 1 aromatic carbocycles. The molecule has 1 atom stereocenters. The molecule has 2 heterocycles. The third-order valence-corrected chi connectivity index (χ3v) is 5.42. The Morgan fingerprint density at radius 1 is 1.29 bits per heavy atom. The predicted octanol–water partition coefficient (Wildman–Crippen LogP) is 3.46. The van der Waals surface area contributed by atoms with E-state index in [1.165, 1.54) is 11.3 Å². The van der Waals surface area contributed by atoms with Gasteiger partial charge >= 0.3 is 12.1 Å². The molecule has 1 aromatic heterocycles. The van der Waals surface area contributed by atoms with E-state index in [0.717, 1.165) is 36.6 Å². The first-order valence-electron chi connectivity index (χ1n) is 9.48. The number of hydrogen-bond acceptors (Lipinski definition) is 7. The maximum Gasteiger partial charge on any atom is 0.407 e. The third kappa shape index (κ3) is 5.69. The average molecular weight is 404 g/mol. The molecule has 1 aliphatic rings. The fourth-order valence-corrected chi connectivity index (χ4v) is 3.95. The number of nitrogens with one attached hydrogen (secondary N) is 1. The highest BCUT2D eigenvalue weighted by molar-refractivity contribution is 7.13. The van der Waals surface area contributed by atoms with Crippen LogP contribution in [0.1, 0.15) is 35.8 Å². The number of carbonyl (C=O) groups excluding carboxylic acids is 2. The average Bonchev–Trinajstić information content (AvgIpc) is 3.22. The van der Waals surface area contributed by atoms with Gasteiger partial charge in [-0.3, -0.25) is 0 Å². The molecule has 7 nitrogen and oxygen atoms in total. The van der Waals surface area contributed by atoms with Crippen LogP contribution in [-0.2, 0) is 16.1 Å². The van der Waals surface area contributed by atoms with Crippen LogP contribution in [0.4, 0.5) is 9.93 Å². The molecule has 8 heteroatoms. The molecular formula is C20H25N3O4S. The van der Waals surface area contributed by atoms with Gasteiger partial charge in [0.05, 0.1) is 6.61 Å². The van der Waals surface area contributed by atoms with Crippen LogP contribution < -0.4 is 10.2 Å². The normalized spacial score (nSPS) is 16.5. The van der Waals surface area contributed by atoms with Gasteiger partial charge in [0, 0.05) is 25.0 Å². The summed E-state index contributed by atoms with van der Waals surface area (Å²) in [5, 5.41) is 5.41. The van der Waals surface area contributed by atoms with Crippen LogP contribution in [0.15, 0.2) is 35.7 Å². The maximum absolute atomic E-state index is 11.9. The van der Waals surface area contributed by atoms with Crippen molar-refractivity contribution in [2.75, 3.05) is 31.1 Å². The fourth-order valence-electron chi connectivity index (χ4n) is 3.12. The molecule has 1 saturated heterocycles. The van der Waals surface area contributed by atoms with Gasteiger partial charge in [-0.05, 0) is 31.2 Å². The molecular weight excluding hydrogens is 378 g/mol. The molecule has 3 rings (SSSR count). The van der Waals surface area contributed by atoms with Crippen molar-refractivity contribution in [3.63, 3.8) is 0 Å². The molecule has 0 radical (unpaired) electrons. The molecule has 1 fully saturated rings. The minimum absolute atomic E-state index is 0.263. The number of anilines is 1. The SMILES string of the molecule is CCOC(=O)c1csc(N2CCCC(CNC(=O)OCc3ccccc3)C2)n1. The Balaban J connectivity index is 1.44. The summed E-state index contributed by atoms with van der Waals surface area (Å²) in [7, 11) is 0. The molecule has 1 N–H and O–H groups in total. The Labute approximate surface area is 168 Å². The van der Waals surface area contributed by atoms with Gasteiger partial charge in [0.1, 0.15) is 6.61 Å². The van der Waals surface area contributed by atoms with Crippen molar-refractivity contribution in [2.45, 2.75) is 26.4 Å². The second kappa shape index (κ2) is 10.1. The lowest BCUT2D eigenvalue weighted by atomic mass is 9.98. The summed E-state index contributed by atoms with van der Waals surface area (Å²) in [4.78, 5) is 30.3. The molecule has 0 spiro atoms. The van der Waals surface area contributed by atoms with Crippen molar-refractivity contribution < 1.29 is 19.1 Å². The number of ether oxygens (including phenoxy) is 2. The van der Waals surface area contributed by atoms with Crippen LogP contribution in [-0.4, -0.2) is 43.3 Å². The summed E-state index contributed by atoms with van der Waals surface area (Å²) >= 11 is 1.44. The Kier molecular flexibility index (Phi) is 7.25. The lowest BCUT2D eigenvalue weighted by Crippen LogP contribution is -2.41. The minimum Gasteiger partial charge on any atom is -0.461 e. The van der Waals surface area contributed by atoms with Gasteiger partial charge in [-0.1, -0.05) is 30.3 Å². The first-order chi connectivity index (χ1) is 13.7. The highest BCUT2D eigenvalue weighted by atomic mass is 32.1. The topological polar surface area (TPSA) is 80.8 Å². The van der Waals surface area contributed by atoms with Gasteiger partial charge in [0.25, 0.3) is 0 Å². The minimum atomic E-state index is -0.403. The largest absolute Gasteiger partial charge is 0.461 e. The lowest BCUT2D eigenvalue weighted by molar-refractivity contribution is 0.0520. The Bertz CT molecular complexity index is 781. The Morgan fingerprint density at radius 2 is 2.11 bits per heavy atom. The second-order valence-corrected chi connectivity index (χ2v) is 7.47. The number of nitrogens with zero attached hydrogens (tertiary/aromatic N) is 2. The number of thiazole rings is 1. The number of amides is 1. The molecule has 0 saturated carbocycles. The van der Waals surface area contributed by atoms with Gasteiger partial charge in [0.15, 0.2) is 10.8 Å². The summed E-state index contributed by atoms with van der Waals surface area (Å²) in [5.74, 6) is -0.0747. The third-order valence-electron chi connectivity index (χ3n) is 4.51. The molecule has 0 aliphatic carbocycles. The zero-order valence-electron chi connectivity index (χ0n) is 15.9. The van der Waals surface area contributed by atoms with Crippen LogP contribution in [0.25, 0.3) is 0 Å². The van der Waals surface area contributed by atoms with E-state index in [2.05, 4.69) is 15.2 Å². The standard InChI is InChI=1S/C20H25N3O4S/c1-2-26-18(24)17-14-28-19(22-17)23-10-6-9-16(12-23)11-21-20(25)27-13-15-7-4-3-5-8-15/h3-5,7-8,14,16H,2,6,9-13H2,1H3,(H,21,25). The van der Waals surface area contributed by atoms with Crippen molar-refractivity contribution in [3.05, 3.63) is 47.0 Å². The second-order valence-electron chi connectivity index (χ2n) is 6.63. The smallest absolute Gasteiger partial charge is 0.407 e. The number of hydrogen-bond donors (Lipinski definition) is 1. The number of piperidine rings is 1. The number of rotatable bonds is 7. The van der Waals surface area contributed by atoms with E-state index in [4.69, 9.17) is 9.47 Å². The van der Waals surface area contributed by atoms with E-state index >= 15 is 0 Å². The van der Waals surface area contributed by atoms with E-state index < -0.39 is 6.09 Å². The van der Waals surface area contributed by atoms with Crippen molar-refractivity contribution in [3.8, 4) is 0 Å². The maximum atomic E-state index is 11.9. The van der Waals surface area contributed by atoms with Crippen LogP contribution in [0.5, 0.6) is 0 Å². The molecule has 1 unspecified atom stereocenters. The van der Waals surface area contributed by atoms with Crippen molar-refractivity contribution in [1.29, 1.82) is 0 Å². The van der Waals surface area contributed by atoms with E-state index in [-0.39, 0.29) is 12.6 Å². The quantitative estimate of drug-likeness (QED) is 0.713. The highest BCUT2D eigenvalue weighted by Gasteiger charge is 2.24. The fraction of sp³-hybridized carbons (Fsp3) is 0.450. The number of esters is 1. The van der Waals surface area contributed by atoms with Gasteiger partial charge in [-0.15, -0.1) is 11.3 Å². The zero-order valence-corrected chi connectivity index (χ0v) is 16.7. The van der Waals surface area contributed by atoms with Crippen LogP contribution in [0, 0.1) is 5.92 Å². The first-order valence-corrected chi connectivity index (χ1v) is 10.4. The van der Waals surface area contributed by atoms with Crippen molar-refractivity contribution >= 4 is 28.5 Å². The van der Waals surface area contributed by atoms with E-state index in [1.807, 2.05) is 30.3 Å².